The number of hydrogen-bond donors (Lipinski definition) is 1. The molecule has 3 rings (SSSR count). The third-order valence-electron chi connectivity index (χ3n) is 4.44. The molecule has 1 aromatic rings. The SMILES string of the molecule is O=C(COc1cccc(F)c1)NC1CS(=O)(=O)CC1N1CCCC1. The molecule has 2 heterocycles. The van der Waals surface area contributed by atoms with Crippen LogP contribution in [0.1, 0.15) is 12.8 Å². The number of ether oxygens (including phenoxy) is 1. The van der Waals surface area contributed by atoms with Gasteiger partial charge in [-0.1, -0.05) is 6.07 Å². The second kappa shape index (κ2) is 7.06. The first-order valence-corrected chi connectivity index (χ1v) is 9.87. The number of nitrogens with one attached hydrogen (secondary N) is 1. The van der Waals surface area contributed by atoms with E-state index in [9.17, 15) is 17.6 Å². The molecule has 8 heteroatoms. The largest absolute Gasteiger partial charge is 0.484 e. The molecule has 0 saturated carbocycles. The molecule has 2 aliphatic rings. The summed E-state index contributed by atoms with van der Waals surface area (Å²) < 4.78 is 42.2. The summed E-state index contributed by atoms with van der Waals surface area (Å²) in [5.41, 5.74) is 0. The maximum Gasteiger partial charge on any atom is 0.258 e. The average molecular weight is 356 g/mol. The van der Waals surface area contributed by atoms with E-state index in [4.69, 9.17) is 4.74 Å². The van der Waals surface area contributed by atoms with Crippen LogP contribution in [0.2, 0.25) is 0 Å². The number of hydrogen-bond acceptors (Lipinski definition) is 5. The Balaban J connectivity index is 1.57. The van der Waals surface area contributed by atoms with Crippen molar-refractivity contribution in [3.63, 3.8) is 0 Å². The van der Waals surface area contributed by atoms with Gasteiger partial charge in [-0.15, -0.1) is 0 Å². The number of sulfone groups is 1. The molecule has 2 aliphatic heterocycles. The summed E-state index contributed by atoms with van der Waals surface area (Å²) in [7, 11) is -3.15. The molecule has 2 fully saturated rings. The van der Waals surface area contributed by atoms with E-state index in [0.717, 1.165) is 25.9 Å². The van der Waals surface area contributed by atoms with Crippen LogP contribution < -0.4 is 10.1 Å². The quantitative estimate of drug-likeness (QED) is 0.835. The predicted octanol–water partition coefficient (Wildman–Crippen LogP) is 0.582. The van der Waals surface area contributed by atoms with E-state index < -0.39 is 27.6 Å². The van der Waals surface area contributed by atoms with Gasteiger partial charge in [0.15, 0.2) is 16.4 Å². The molecule has 24 heavy (non-hydrogen) atoms. The minimum Gasteiger partial charge on any atom is -0.484 e. The van der Waals surface area contributed by atoms with Crippen LogP contribution >= 0.6 is 0 Å². The molecule has 2 atom stereocenters. The van der Waals surface area contributed by atoms with Crippen LogP contribution in [0.3, 0.4) is 0 Å². The van der Waals surface area contributed by atoms with Crippen molar-refractivity contribution in [3.8, 4) is 5.75 Å². The zero-order chi connectivity index (χ0) is 17.2. The van der Waals surface area contributed by atoms with Gasteiger partial charge in [0.25, 0.3) is 5.91 Å². The lowest BCUT2D eigenvalue weighted by Crippen LogP contribution is -2.51. The number of rotatable bonds is 5. The van der Waals surface area contributed by atoms with Crippen LogP contribution in [0.4, 0.5) is 4.39 Å². The molecular weight excluding hydrogens is 335 g/mol. The van der Waals surface area contributed by atoms with Gasteiger partial charge in [-0.05, 0) is 38.1 Å². The van der Waals surface area contributed by atoms with Gasteiger partial charge in [0.1, 0.15) is 11.6 Å². The van der Waals surface area contributed by atoms with Gasteiger partial charge in [0.05, 0.1) is 17.5 Å². The zero-order valence-corrected chi connectivity index (χ0v) is 14.1. The molecule has 0 bridgehead atoms. The summed E-state index contributed by atoms with van der Waals surface area (Å²) in [6.07, 6.45) is 2.11. The van der Waals surface area contributed by atoms with E-state index in [1.165, 1.54) is 18.2 Å². The van der Waals surface area contributed by atoms with Crippen molar-refractivity contribution < 1.29 is 22.3 Å². The Morgan fingerprint density at radius 2 is 2.04 bits per heavy atom. The van der Waals surface area contributed by atoms with Gasteiger partial charge in [-0.25, -0.2) is 12.8 Å². The summed E-state index contributed by atoms with van der Waals surface area (Å²) in [6, 6.07) is 4.95. The maximum atomic E-state index is 13.1. The Hall–Kier alpha value is -1.67. The molecule has 0 radical (unpaired) electrons. The Kier molecular flexibility index (Phi) is 5.05. The molecule has 2 unspecified atom stereocenters. The Morgan fingerprint density at radius 1 is 1.29 bits per heavy atom. The van der Waals surface area contributed by atoms with Gasteiger partial charge >= 0.3 is 0 Å². The topological polar surface area (TPSA) is 75.7 Å². The van der Waals surface area contributed by atoms with Crippen molar-refractivity contribution in [3.05, 3.63) is 30.1 Å². The Labute approximate surface area is 140 Å². The number of likely N-dealkylation sites (tertiary alicyclic amines) is 1. The van der Waals surface area contributed by atoms with Gasteiger partial charge < -0.3 is 10.1 Å². The van der Waals surface area contributed by atoms with Gasteiger partial charge in [-0.3, -0.25) is 9.69 Å². The first kappa shape index (κ1) is 17.2. The molecule has 132 valence electrons. The van der Waals surface area contributed by atoms with Crippen LogP contribution in [0.5, 0.6) is 5.75 Å². The standard InChI is InChI=1S/C16H21FN2O4S/c17-12-4-3-5-13(8-12)23-9-16(20)18-14-10-24(21,22)11-15(14)19-6-1-2-7-19/h3-5,8,14-15H,1-2,6-7,9-11H2,(H,18,20). The number of amides is 1. The fourth-order valence-corrected chi connectivity index (χ4v) is 5.31. The number of carbonyl (C=O) groups excluding carboxylic acids is 1. The van der Waals surface area contributed by atoms with Crippen molar-refractivity contribution in [2.45, 2.75) is 24.9 Å². The van der Waals surface area contributed by atoms with E-state index >= 15 is 0 Å². The Morgan fingerprint density at radius 3 is 2.75 bits per heavy atom. The second-order valence-corrected chi connectivity index (χ2v) is 8.46. The van der Waals surface area contributed by atoms with Gasteiger partial charge in [0, 0.05) is 12.1 Å². The van der Waals surface area contributed by atoms with Crippen LogP contribution in [0, 0.1) is 5.82 Å². The minimum absolute atomic E-state index is 0.0418. The van der Waals surface area contributed by atoms with Crippen molar-refractivity contribution in [2.75, 3.05) is 31.2 Å². The monoisotopic (exact) mass is 356 g/mol. The predicted molar refractivity (Wildman–Crippen MR) is 87.1 cm³/mol. The van der Waals surface area contributed by atoms with Crippen molar-refractivity contribution in [1.82, 2.24) is 10.2 Å². The third kappa shape index (κ3) is 4.24. The van der Waals surface area contributed by atoms with Crippen LogP contribution in [-0.4, -0.2) is 62.5 Å². The highest BCUT2D eigenvalue weighted by Crippen LogP contribution is 2.22. The smallest absolute Gasteiger partial charge is 0.258 e. The highest BCUT2D eigenvalue weighted by Gasteiger charge is 2.42. The molecule has 2 saturated heterocycles. The highest BCUT2D eigenvalue weighted by atomic mass is 32.2. The fraction of sp³-hybridized carbons (Fsp3) is 0.562. The number of benzene rings is 1. The molecule has 0 spiro atoms. The number of halogens is 1. The first-order chi connectivity index (χ1) is 11.4. The zero-order valence-electron chi connectivity index (χ0n) is 13.3. The molecular formula is C16H21FN2O4S. The van der Waals surface area contributed by atoms with Gasteiger partial charge in [0.2, 0.25) is 0 Å². The summed E-state index contributed by atoms with van der Waals surface area (Å²) in [5, 5.41) is 2.77. The summed E-state index contributed by atoms with van der Waals surface area (Å²) in [4.78, 5) is 14.2. The molecule has 1 amide bonds. The van der Waals surface area contributed by atoms with E-state index in [1.807, 2.05) is 0 Å². The summed E-state index contributed by atoms with van der Waals surface area (Å²) in [5.74, 6) is -0.530. The first-order valence-electron chi connectivity index (χ1n) is 8.05. The highest BCUT2D eigenvalue weighted by molar-refractivity contribution is 7.91. The maximum absolute atomic E-state index is 13.1. The van der Waals surface area contributed by atoms with Crippen molar-refractivity contribution >= 4 is 15.7 Å². The average Bonchev–Trinajstić information content (AvgIpc) is 3.13. The van der Waals surface area contributed by atoms with Crippen LogP contribution in [0.25, 0.3) is 0 Å². The minimum atomic E-state index is -3.15. The lowest BCUT2D eigenvalue weighted by molar-refractivity contribution is -0.124. The van der Waals surface area contributed by atoms with E-state index in [2.05, 4.69) is 10.2 Å². The van der Waals surface area contributed by atoms with Crippen LogP contribution in [0.15, 0.2) is 24.3 Å². The molecule has 1 aromatic carbocycles. The normalized spacial score (nSPS) is 26.4. The lowest BCUT2D eigenvalue weighted by Gasteiger charge is -2.28. The molecule has 0 aromatic heterocycles. The summed E-state index contributed by atoms with van der Waals surface area (Å²) >= 11 is 0. The molecule has 1 N–H and O–H groups in total. The fourth-order valence-electron chi connectivity index (χ4n) is 3.35. The lowest BCUT2D eigenvalue weighted by atomic mass is 10.1. The molecule has 6 nitrogen and oxygen atoms in total. The second-order valence-electron chi connectivity index (χ2n) is 6.31. The van der Waals surface area contributed by atoms with Gasteiger partial charge in [-0.2, -0.15) is 0 Å². The van der Waals surface area contributed by atoms with E-state index in [1.54, 1.807) is 6.07 Å². The number of carbonyl (C=O) groups is 1. The van der Waals surface area contributed by atoms with Crippen LogP contribution in [-0.2, 0) is 14.6 Å². The third-order valence-corrected chi connectivity index (χ3v) is 6.16. The number of nitrogens with zero attached hydrogens (tertiary/aromatic N) is 1. The van der Waals surface area contributed by atoms with Crippen molar-refractivity contribution in [1.29, 1.82) is 0 Å². The van der Waals surface area contributed by atoms with Crippen molar-refractivity contribution in [2.24, 2.45) is 0 Å². The Bertz CT molecular complexity index is 704. The van der Waals surface area contributed by atoms with E-state index in [-0.39, 0.29) is 29.9 Å². The summed E-state index contributed by atoms with van der Waals surface area (Å²) in [6.45, 7) is 1.46. The van der Waals surface area contributed by atoms with E-state index in [0.29, 0.717) is 0 Å². The molecule has 0 aliphatic carbocycles.